The number of methoxy groups -OCH3 is 2. The van der Waals surface area contributed by atoms with Crippen LogP contribution in [0, 0.1) is 0 Å². The van der Waals surface area contributed by atoms with Gasteiger partial charge in [0.15, 0.2) is 18.1 Å². The molecule has 1 saturated heterocycles. The molecule has 1 fully saturated rings. The van der Waals surface area contributed by atoms with Gasteiger partial charge in [0, 0.05) is 0 Å². The highest BCUT2D eigenvalue weighted by molar-refractivity contribution is 6.22. The standard InChI is InChI=1S/C15H14O6/c1-19-12-6-4-9(7-13(12)20-2)3-5-10(16)14-11(17)8-21-15(14)18/h3-7,16H,8H2,1-2H3. The van der Waals surface area contributed by atoms with Crippen molar-refractivity contribution in [3.05, 3.63) is 41.2 Å². The van der Waals surface area contributed by atoms with Crippen molar-refractivity contribution in [2.24, 2.45) is 0 Å². The second-order valence-corrected chi connectivity index (χ2v) is 4.21. The summed E-state index contributed by atoms with van der Waals surface area (Å²) >= 11 is 0. The Morgan fingerprint density at radius 2 is 1.95 bits per heavy atom. The number of hydrogen-bond donors (Lipinski definition) is 1. The fraction of sp³-hybridized carbons (Fsp3) is 0.200. The van der Waals surface area contributed by atoms with E-state index in [0.29, 0.717) is 17.1 Å². The molecule has 1 heterocycles. The number of benzene rings is 1. The number of ether oxygens (including phenoxy) is 3. The van der Waals surface area contributed by atoms with Crippen LogP contribution in [0.15, 0.2) is 35.6 Å². The average molecular weight is 290 g/mol. The normalized spacial score (nSPS) is 17.0. The zero-order valence-corrected chi connectivity index (χ0v) is 11.6. The van der Waals surface area contributed by atoms with Crippen LogP contribution in [0.3, 0.4) is 0 Å². The zero-order valence-electron chi connectivity index (χ0n) is 11.6. The molecule has 0 bridgehead atoms. The Labute approximate surface area is 121 Å². The molecule has 0 spiro atoms. The molecule has 1 aromatic rings. The average Bonchev–Trinajstić information content (AvgIpc) is 2.83. The number of allylic oxidation sites excluding steroid dienone is 1. The lowest BCUT2D eigenvalue weighted by Gasteiger charge is -2.07. The maximum Gasteiger partial charge on any atom is 0.346 e. The highest BCUT2D eigenvalue weighted by Gasteiger charge is 2.31. The Hall–Kier alpha value is -2.76. The Morgan fingerprint density at radius 3 is 2.52 bits per heavy atom. The predicted molar refractivity (Wildman–Crippen MR) is 74.2 cm³/mol. The topological polar surface area (TPSA) is 82.1 Å². The summed E-state index contributed by atoms with van der Waals surface area (Å²) in [5.41, 5.74) is 0.380. The third kappa shape index (κ3) is 3.05. The van der Waals surface area contributed by atoms with Crippen molar-refractivity contribution in [3.63, 3.8) is 0 Å². The van der Waals surface area contributed by atoms with E-state index in [4.69, 9.17) is 9.47 Å². The molecule has 0 unspecified atom stereocenters. The molecular formula is C15H14O6. The highest BCUT2D eigenvalue weighted by Crippen LogP contribution is 2.28. The fourth-order valence-electron chi connectivity index (χ4n) is 1.85. The molecule has 6 heteroatoms. The van der Waals surface area contributed by atoms with E-state index in [0.717, 1.165) is 0 Å². The van der Waals surface area contributed by atoms with Crippen LogP contribution in [0.1, 0.15) is 5.56 Å². The van der Waals surface area contributed by atoms with Gasteiger partial charge in [-0.15, -0.1) is 0 Å². The number of hydrogen-bond acceptors (Lipinski definition) is 6. The Kier molecular flexibility index (Phi) is 4.27. The molecule has 0 atom stereocenters. The molecule has 1 aliphatic heterocycles. The molecule has 0 radical (unpaired) electrons. The SMILES string of the molecule is COc1ccc(C=CC(O)=C2C(=O)COC2=O)cc1OC. The fourth-order valence-corrected chi connectivity index (χ4v) is 1.85. The van der Waals surface area contributed by atoms with Gasteiger partial charge in [-0.05, 0) is 23.8 Å². The molecule has 2 rings (SSSR count). The maximum atomic E-state index is 11.4. The number of aliphatic hydroxyl groups is 1. The lowest BCUT2D eigenvalue weighted by atomic mass is 10.1. The summed E-state index contributed by atoms with van der Waals surface area (Å²) < 4.78 is 14.8. The van der Waals surface area contributed by atoms with Crippen LogP contribution in [0.4, 0.5) is 0 Å². The van der Waals surface area contributed by atoms with Gasteiger partial charge in [0.2, 0.25) is 5.78 Å². The van der Waals surface area contributed by atoms with E-state index >= 15 is 0 Å². The number of carbonyl (C=O) groups excluding carboxylic acids is 2. The minimum atomic E-state index is -0.811. The molecule has 21 heavy (non-hydrogen) atoms. The van der Waals surface area contributed by atoms with Crippen molar-refractivity contribution in [1.29, 1.82) is 0 Å². The van der Waals surface area contributed by atoms with Crippen LogP contribution in [-0.2, 0) is 14.3 Å². The number of Topliss-reactive ketones (excluding diaryl/α,β-unsaturated/α-hetero) is 1. The van der Waals surface area contributed by atoms with Crippen LogP contribution in [0.5, 0.6) is 11.5 Å². The van der Waals surface area contributed by atoms with E-state index in [-0.39, 0.29) is 12.2 Å². The monoisotopic (exact) mass is 290 g/mol. The Morgan fingerprint density at radius 1 is 1.24 bits per heavy atom. The van der Waals surface area contributed by atoms with Gasteiger partial charge < -0.3 is 19.3 Å². The first-order chi connectivity index (χ1) is 10.1. The number of ketones is 1. The highest BCUT2D eigenvalue weighted by atomic mass is 16.5. The smallest absolute Gasteiger partial charge is 0.346 e. The Bertz CT molecular complexity index is 624. The maximum absolute atomic E-state index is 11.4. The Balaban J connectivity index is 2.27. The first kappa shape index (κ1) is 14.6. The molecule has 0 amide bonds. The van der Waals surface area contributed by atoms with Crippen LogP contribution in [-0.4, -0.2) is 37.7 Å². The molecule has 110 valence electrons. The second kappa shape index (κ2) is 6.13. The van der Waals surface area contributed by atoms with Crippen molar-refractivity contribution in [1.82, 2.24) is 0 Å². The molecule has 0 aromatic heterocycles. The lowest BCUT2D eigenvalue weighted by molar-refractivity contribution is -0.135. The summed E-state index contributed by atoms with van der Waals surface area (Å²) in [4.78, 5) is 22.7. The molecule has 1 aromatic carbocycles. The summed E-state index contributed by atoms with van der Waals surface area (Å²) in [6.45, 7) is -0.331. The molecule has 0 saturated carbocycles. The first-order valence-electron chi connectivity index (χ1n) is 6.10. The van der Waals surface area contributed by atoms with E-state index in [9.17, 15) is 14.7 Å². The van der Waals surface area contributed by atoms with E-state index in [1.807, 2.05) is 0 Å². The van der Waals surface area contributed by atoms with Crippen LogP contribution in [0.25, 0.3) is 6.08 Å². The van der Waals surface area contributed by atoms with Crippen molar-refractivity contribution in [3.8, 4) is 11.5 Å². The number of esters is 1. The van der Waals surface area contributed by atoms with Gasteiger partial charge in [-0.25, -0.2) is 4.79 Å². The first-order valence-corrected chi connectivity index (χ1v) is 6.10. The van der Waals surface area contributed by atoms with Gasteiger partial charge in [-0.1, -0.05) is 12.1 Å². The van der Waals surface area contributed by atoms with Crippen molar-refractivity contribution < 1.29 is 28.9 Å². The zero-order chi connectivity index (χ0) is 15.4. The largest absolute Gasteiger partial charge is 0.507 e. The lowest BCUT2D eigenvalue weighted by Crippen LogP contribution is -2.04. The van der Waals surface area contributed by atoms with Crippen molar-refractivity contribution >= 4 is 17.8 Å². The molecular weight excluding hydrogens is 276 g/mol. The minimum Gasteiger partial charge on any atom is -0.507 e. The quantitative estimate of drug-likeness (QED) is 0.393. The second-order valence-electron chi connectivity index (χ2n) is 4.21. The van der Waals surface area contributed by atoms with Gasteiger partial charge in [-0.2, -0.15) is 0 Å². The molecule has 0 aliphatic carbocycles. The summed E-state index contributed by atoms with van der Waals surface area (Å²) in [5, 5.41) is 9.79. The summed E-state index contributed by atoms with van der Waals surface area (Å²) in [5.74, 6) is -0.656. The van der Waals surface area contributed by atoms with E-state index < -0.39 is 17.5 Å². The summed E-state index contributed by atoms with van der Waals surface area (Å²) in [6, 6.07) is 5.14. The van der Waals surface area contributed by atoms with Crippen molar-refractivity contribution in [2.75, 3.05) is 20.8 Å². The van der Waals surface area contributed by atoms with E-state index in [1.54, 1.807) is 24.3 Å². The van der Waals surface area contributed by atoms with Crippen molar-refractivity contribution in [2.45, 2.75) is 0 Å². The van der Waals surface area contributed by atoms with Crippen LogP contribution in [0.2, 0.25) is 0 Å². The van der Waals surface area contributed by atoms with Gasteiger partial charge >= 0.3 is 5.97 Å². The third-order valence-electron chi connectivity index (χ3n) is 2.91. The van der Waals surface area contributed by atoms with Gasteiger partial charge in [0.25, 0.3) is 0 Å². The number of cyclic esters (lactones) is 1. The third-order valence-corrected chi connectivity index (χ3v) is 2.91. The summed E-state index contributed by atoms with van der Waals surface area (Å²) in [6.07, 6.45) is 2.81. The predicted octanol–water partition coefficient (Wildman–Crippen LogP) is 1.66. The molecule has 1 N–H and O–H groups in total. The van der Waals surface area contributed by atoms with Crippen LogP contribution >= 0.6 is 0 Å². The number of aliphatic hydroxyl groups excluding tert-OH is 1. The van der Waals surface area contributed by atoms with E-state index in [2.05, 4.69) is 4.74 Å². The minimum absolute atomic E-state index is 0.327. The molecule has 1 aliphatic rings. The van der Waals surface area contributed by atoms with Gasteiger partial charge in [-0.3, -0.25) is 4.79 Å². The van der Waals surface area contributed by atoms with E-state index in [1.165, 1.54) is 20.3 Å². The number of rotatable bonds is 4. The molecule has 6 nitrogen and oxygen atoms in total. The van der Waals surface area contributed by atoms with Crippen LogP contribution < -0.4 is 9.47 Å². The van der Waals surface area contributed by atoms with Gasteiger partial charge in [0.05, 0.1) is 14.2 Å². The van der Waals surface area contributed by atoms with Gasteiger partial charge in [0.1, 0.15) is 11.3 Å². The number of carbonyl (C=O) groups is 2. The summed E-state index contributed by atoms with van der Waals surface area (Å²) in [7, 11) is 3.04.